The van der Waals surface area contributed by atoms with Crippen molar-refractivity contribution in [1.29, 1.82) is 0 Å². The molecule has 0 aliphatic carbocycles. The van der Waals surface area contributed by atoms with Gasteiger partial charge in [-0.2, -0.15) is 8.62 Å². The Morgan fingerprint density at radius 2 is 1.88 bits per heavy atom. The van der Waals surface area contributed by atoms with Crippen LogP contribution in [0.5, 0.6) is 0 Å². The maximum atomic E-state index is 13.9. The Bertz CT molecular complexity index is 1190. The van der Waals surface area contributed by atoms with E-state index in [-0.39, 0.29) is 0 Å². The molecular weight excluding hydrogens is 526 g/mol. The molecule has 23 heteroatoms. The third kappa shape index (κ3) is 6.88. The number of azide groups is 1. The van der Waals surface area contributed by atoms with Gasteiger partial charge in [0, 0.05) is 17.2 Å². The first kappa shape index (κ1) is 27.5. The van der Waals surface area contributed by atoms with Crippen LogP contribution in [0.4, 0.5) is 4.39 Å². The monoisotopic (exact) mass is 541 g/mol. The number of aromatic amines is 1. The lowest BCUT2D eigenvalue weighted by Crippen LogP contribution is -2.48. The normalized spacial score (nSPS) is 29.1. The Hall–Kier alpha value is -1.75. The third-order valence-electron chi connectivity index (χ3n) is 3.93. The van der Waals surface area contributed by atoms with E-state index < -0.39 is 72.0 Å². The van der Waals surface area contributed by atoms with Crippen LogP contribution < -0.4 is 11.2 Å². The summed E-state index contributed by atoms with van der Waals surface area (Å²) in [5.41, 5.74) is 4.13. The molecule has 0 saturated carbocycles. The summed E-state index contributed by atoms with van der Waals surface area (Å²) in [4.78, 5) is 63.2. The number of phosphoric ester groups is 1. The van der Waals surface area contributed by atoms with Gasteiger partial charge in [-0.15, -0.1) is 0 Å². The molecule has 1 saturated heterocycles. The van der Waals surface area contributed by atoms with E-state index in [0.29, 0.717) is 4.57 Å². The van der Waals surface area contributed by atoms with Crippen LogP contribution in [0.15, 0.2) is 27.0 Å². The van der Waals surface area contributed by atoms with E-state index in [2.05, 4.69) is 23.2 Å². The lowest BCUT2D eigenvalue weighted by molar-refractivity contribution is -0.135. The van der Waals surface area contributed by atoms with E-state index in [9.17, 15) is 37.7 Å². The Labute approximate surface area is 180 Å². The molecule has 0 spiro atoms. The second kappa shape index (κ2) is 9.85. The summed E-state index contributed by atoms with van der Waals surface area (Å²) in [5, 5.41) is 13.6. The molecular formula is C10H15FN5O14P3. The first-order valence-corrected chi connectivity index (χ1v) is 12.6. The number of nitrogens with zero attached hydrogens (tertiary/aromatic N) is 4. The molecule has 1 aliphatic rings. The maximum absolute atomic E-state index is 13.9. The largest absolute Gasteiger partial charge is 0.490 e. The summed E-state index contributed by atoms with van der Waals surface area (Å²) >= 11 is 0. The van der Waals surface area contributed by atoms with Crippen molar-refractivity contribution in [2.75, 3.05) is 13.3 Å². The van der Waals surface area contributed by atoms with Crippen LogP contribution in [-0.2, 0) is 31.6 Å². The van der Waals surface area contributed by atoms with Gasteiger partial charge in [-0.25, -0.2) is 22.9 Å². The number of aliphatic hydroxyl groups excluding tert-OH is 1. The van der Waals surface area contributed by atoms with Crippen LogP contribution in [0.3, 0.4) is 0 Å². The minimum absolute atomic E-state index is 0.603. The van der Waals surface area contributed by atoms with Crippen LogP contribution in [0.1, 0.15) is 6.23 Å². The zero-order chi connectivity index (χ0) is 25.2. The van der Waals surface area contributed by atoms with E-state index in [0.717, 1.165) is 12.3 Å². The highest BCUT2D eigenvalue weighted by molar-refractivity contribution is 7.66. The molecule has 1 aliphatic heterocycles. The average molecular weight is 541 g/mol. The van der Waals surface area contributed by atoms with E-state index in [1.54, 1.807) is 0 Å². The number of hydrogen-bond acceptors (Lipinski definition) is 11. The predicted molar refractivity (Wildman–Crippen MR) is 98.9 cm³/mol. The van der Waals surface area contributed by atoms with Crippen molar-refractivity contribution in [3.05, 3.63) is 43.5 Å². The molecule has 0 bridgehead atoms. The number of hydrogen-bond donors (Lipinski definition) is 6. The number of alkyl halides is 1. The SMILES string of the molecule is [N-]=[N+]=NC1[C@H](n2ccc(=O)[nH]c2=O)O[C@](CF)(COP(=O)(O)OP(=O)(O)OP(=O)(O)O)[C@H]1O. The van der Waals surface area contributed by atoms with Gasteiger partial charge in [0.1, 0.15) is 30.6 Å². The van der Waals surface area contributed by atoms with E-state index in [1.165, 1.54) is 0 Å². The molecule has 33 heavy (non-hydrogen) atoms. The lowest BCUT2D eigenvalue weighted by atomic mass is 9.96. The minimum Gasteiger partial charge on any atom is -0.389 e. The molecule has 1 aromatic rings. The highest BCUT2D eigenvalue weighted by Crippen LogP contribution is 2.66. The summed E-state index contributed by atoms with van der Waals surface area (Å²) in [6.45, 7) is -3.16. The topological polar surface area (TPSA) is 293 Å². The molecule has 6 N–H and O–H groups in total. The lowest BCUT2D eigenvalue weighted by Gasteiger charge is -2.29. The van der Waals surface area contributed by atoms with Crippen molar-refractivity contribution in [3.63, 3.8) is 0 Å². The van der Waals surface area contributed by atoms with Crippen molar-refractivity contribution < 1.29 is 60.6 Å². The minimum atomic E-state index is -5.88. The molecule has 0 aromatic carbocycles. The molecule has 3 unspecified atom stereocenters. The quantitative estimate of drug-likeness (QED) is 0.0911. The van der Waals surface area contributed by atoms with Gasteiger partial charge in [-0.3, -0.25) is 18.9 Å². The van der Waals surface area contributed by atoms with Crippen molar-refractivity contribution in [3.8, 4) is 0 Å². The number of aromatic nitrogens is 2. The van der Waals surface area contributed by atoms with Crippen LogP contribution in [-0.4, -0.2) is 65.3 Å². The Kier molecular flexibility index (Phi) is 8.21. The van der Waals surface area contributed by atoms with Crippen molar-refractivity contribution in [1.82, 2.24) is 9.55 Å². The molecule has 2 heterocycles. The fourth-order valence-electron chi connectivity index (χ4n) is 2.64. The zero-order valence-corrected chi connectivity index (χ0v) is 18.4. The molecule has 19 nitrogen and oxygen atoms in total. The van der Waals surface area contributed by atoms with Crippen LogP contribution in [0.25, 0.3) is 10.4 Å². The van der Waals surface area contributed by atoms with Gasteiger partial charge < -0.3 is 29.4 Å². The summed E-state index contributed by atoms with van der Waals surface area (Å²) < 4.78 is 65.0. The summed E-state index contributed by atoms with van der Waals surface area (Å²) in [6, 6.07) is -0.912. The predicted octanol–water partition coefficient (Wildman–Crippen LogP) is -0.843. The first-order valence-electron chi connectivity index (χ1n) is 8.11. The molecule has 0 amide bonds. The summed E-state index contributed by atoms with van der Waals surface area (Å²) in [7, 11) is -17.3. The van der Waals surface area contributed by atoms with Crippen LogP contribution in [0.2, 0.25) is 0 Å². The van der Waals surface area contributed by atoms with E-state index in [1.807, 2.05) is 4.98 Å². The second-order valence-electron chi connectivity index (χ2n) is 6.23. The van der Waals surface area contributed by atoms with Crippen LogP contribution in [0, 0.1) is 0 Å². The molecule has 0 radical (unpaired) electrons. The molecule has 2 rings (SSSR count). The average Bonchev–Trinajstić information content (AvgIpc) is 2.90. The van der Waals surface area contributed by atoms with Crippen molar-refractivity contribution >= 4 is 23.5 Å². The molecule has 6 atom stereocenters. The fourth-order valence-corrected chi connectivity index (χ4v) is 5.71. The molecule has 1 aromatic heterocycles. The summed E-state index contributed by atoms with van der Waals surface area (Å²) in [5.74, 6) is 0. The maximum Gasteiger partial charge on any atom is 0.490 e. The zero-order valence-electron chi connectivity index (χ0n) is 15.7. The van der Waals surface area contributed by atoms with Gasteiger partial charge in [0.2, 0.25) is 0 Å². The number of phosphoric acid groups is 3. The van der Waals surface area contributed by atoms with Gasteiger partial charge in [-0.05, 0) is 5.53 Å². The number of H-pyrrole nitrogens is 1. The number of aliphatic hydroxyl groups is 1. The van der Waals surface area contributed by atoms with Gasteiger partial charge in [0.15, 0.2) is 0 Å². The van der Waals surface area contributed by atoms with Gasteiger partial charge >= 0.3 is 29.2 Å². The third-order valence-corrected chi connectivity index (χ3v) is 7.72. The Balaban J connectivity index is 2.32. The van der Waals surface area contributed by atoms with E-state index in [4.69, 9.17) is 24.9 Å². The smallest absolute Gasteiger partial charge is 0.389 e. The van der Waals surface area contributed by atoms with Gasteiger partial charge in [0.25, 0.3) is 5.56 Å². The first-order chi connectivity index (χ1) is 15.0. The Morgan fingerprint density at radius 3 is 2.39 bits per heavy atom. The van der Waals surface area contributed by atoms with Crippen molar-refractivity contribution in [2.24, 2.45) is 5.11 Å². The molecule has 186 valence electrons. The number of rotatable bonds is 10. The number of ether oxygens (including phenoxy) is 1. The highest BCUT2D eigenvalue weighted by Gasteiger charge is 2.57. The standard InChI is InChI=1S/C10H15FN5O14P3/c11-3-10(4-27-32(23,24)30-33(25,26)29-31(20,21)22)7(18)6(14-15-12)8(28-10)16-2-1-5(17)13-9(16)19/h1-2,6-8,18H,3-4H2,(H,23,24)(H,25,26)(H,13,17,19)(H2,20,21,22)/t6?,7-,8+,10+/m0/s1. The van der Waals surface area contributed by atoms with Gasteiger partial charge in [-0.1, -0.05) is 5.11 Å². The number of nitrogens with one attached hydrogen (secondary N) is 1. The second-order valence-corrected chi connectivity index (χ2v) is 10.6. The number of halogens is 1. The Morgan fingerprint density at radius 1 is 1.24 bits per heavy atom. The van der Waals surface area contributed by atoms with Gasteiger partial charge in [0.05, 0.1) is 6.61 Å². The van der Waals surface area contributed by atoms with E-state index >= 15 is 0 Å². The summed E-state index contributed by atoms with van der Waals surface area (Å²) in [6.07, 6.45) is -3.07. The highest BCUT2D eigenvalue weighted by atomic mass is 31.3. The fraction of sp³-hybridized carbons (Fsp3) is 0.600. The van der Waals surface area contributed by atoms with Crippen LogP contribution >= 0.6 is 23.5 Å². The van der Waals surface area contributed by atoms with Crippen molar-refractivity contribution in [2.45, 2.75) is 24.0 Å². The molecule has 1 fully saturated rings.